The van der Waals surface area contributed by atoms with Crippen LogP contribution in [0.4, 0.5) is 0 Å². The molecule has 1 atom stereocenters. The Kier molecular flexibility index (Phi) is 3.83. The minimum absolute atomic E-state index is 0.189. The molecule has 2 nitrogen and oxygen atoms in total. The normalized spacial score (nSPS) is 14.7. The number of thiazole rings is 1. The van der Waals surface area contributed by atoms with Gasteiger partial charge in [0.2, 0.25) is 0 Å². The molecule has 1 aromatic heterocycles. The van der Waals surface area contributed by atoms with Crippen LogP contribution < -0.4 is 5.73 Å². The third-order valence-electron chi connectivity index (χ3n) is 3.47. The predicted octanol–water partition coefficient (Wildman–Crippen LogP) is 3.73. The smallest absolute Gasteiger partial charge is 0.0950 e. The van der Waals surface area contributed by atoms with E-state index < -0.39 is 0 Å². The average Bonchev–Trinajstić information content (AvgIpc) is 2.78. The predicted molar refractivity (Wildman–Crippen MR) is 78.7 cm³/mol. The molecular formula is C15H20N2S. The molecule has 1 unspecified atom stereocenters. The Hall–Kier alpha value is -1.19. The Balaban J connectivity index is 2.17. The fourth-order valence-corrected chi connectivity index (χ4v) is 2.65. The standard InChI is InChI=1S/C15H20N2S/c1-11(2)15(3,16)9-14-17-13(10-18-14)12-7-5-4-6-8-12/h4-8,10-11H,9,16H2,1-3H3. The van der Waals surface area contributed by atoms with Gasteiger partial charge in [0.1, 0.15) is 0 Å². The highest BCUT2D eigenvalue weighted by atomic mass is 32.1. The lowest BCUT2D eigenvalue weighted by Gasteiger charge is -2.27. The zero-order valence-corrected chi connectivity index (χ0v) is 12.0. The monoisotopic (exact) mass is 260 g/mol. The van der Waals surface area contributed by atoms with E-state index in [2.05, 4.69) is 43.3 Å². The lowest BCUT2D eigenvalue weighted by Crippen LogP contribution is -2.43. The molecule has 96 valence electrons. The second-order valence-corrected chi connectivity index (χ2v) is 6.27. The number of hydrogen-bond donors (Lipinski definition) is 1. The molecule has 3 heteroatoms. The summed E-state index contributed by atoms with van der Waals surface area (Å²) in [4.78, 5) is 4.69. The summed E-state index contributed by atoms with van der Waals surface area (Å²) in [7, 11) is 0. The van der Waals surface area contributed by atoms with Crippen LogP contribution in [0.1, 0.15) is 25.8 Å². The molecule has 2 aromatic rings. The van der Waals surface area contributed by atoms with Crippen LogP contribution in [-0.2, 0) is 6.42 Å². The Labute approximate surface area is 113 Å². The van der Waals surface area contributed by atoms with Gasteiger partial charge in [-0.25, -0.2) is 4.98 Å². The van der Waals surface area contributed by atoms with E-state index in [4.69, 9.17) is 5.73 Å². The van der Waals surface area contributed by atoms with Crippen molar-refractivity contribution in [2.75, 3.05) is 0 Å². The molecule has 0 spiro atoms. The lowest BCUT2D eigenvalue weighted by atomic mass is 9.87. The zero-order valence-electron chi connectivity index (χ0n) is 11.2. The second-order valence-electron chi connectivity index (χ2n) is 5.33. The Morgan fingerprint density at radius 3 is 2.56 bits per heavy atom. The highest BCUT2D eigenvalue weighted by Crippen LogP contribution is 2.25. The van der Waals surface area contributed by atoms with Gasteiger partial charge >= 0.3 is 0 Å². The van der Waals surface area contributed by atoms with Crippen LogP contribution in [0, 0.1) is 5.92 Å². The maximum Gasteiger partial charge on any atom is 0.0950 e. The van der Waals surface area contributed by atoms with Crippen molar-refractivity contribution in [3.05, 3.63) is 40.7 Å². The molecule has 0 fully saturated rings. The minimum atomic E-state index is -0.189. The molecule has 0 bridgehead atoms. The van der Waals surface area contributed by atoms with Crippen LogP contribution in [0.25, 0.3) is 11.3 Å². The van der Waals surface area contributed by atoms with Gasteiger partial charge in [-0.1, -0.05) is 44.2 Å². The summed E-state index contributed by atoms with van der Waals surface area (Å²) in [6.07, 6.45) is 0.835. The Morgan fingerprint density at radius 2 is 1.94 bits per heavy atom. The number of benzene rings is 1. The van der Waals surface area contributed by atoms with E-state index in [1.807, 2.05) is 18.2 Å². The Bertz CT molecular complexity index is 500. The summed E-state index contributed by atoms with van der Waals surface area (Å²) in [5.41, 5.74) is 8.34. The van der Waals surface area contributed by atoms with Crippen molar-refractivity contribution in [3.63, 3.8) is 0 Å². The quantitative estimate of drug-likeness (QED) is 0.909. The first-order chi connectivity index (χ1) is 8.49. The highest BCUT2D eigenvalue weighted by Gasteiger charge is 2.24. The van der Waals surface area contributed by atoms with E-state index in [1.54, 1.807) is 11.3 Å². The molecule has 0 aliphatic carbocycles. The van der Waals surface area contributed by atoms with E-state index in [1.165, 1.54) is 5.56 Å². The number of rotatable bonds is 4. The zero-order chi connectivity index (χ0) is 13.2. The number of nitrogens with zero attached hydrogens (tertiary/aromatic N) is 1. The first kappa shape index (κ1) is 13.2. The molecule has 2 rings (SSSR count). The highest BCUT2D eigenvalue weighted by molar-refractivity contribution is 7.09. The number of nitrogens with two attached hydrogens (primary N) is 1. The number of aromatic nitrogens is 1. The second kappa shape index (κ2) is 5.21. The third kappa shape index (κ3) is 2.98. The van der Waals surface area contributed by atoms with Gasteiger partial charge < -0.3 is 5.73 Å². The fourth-order valence-electron chi connectivity index (χ4n) is 1.66. The van der Waals surface area contributed by atoms with Crippen molar-refractivity contribution in [1.29, 1.82) is 0 Å². The van der Waals surface area contributed by atoms with Gasteiger partial charge in [0.25, 0.3) is 0 Å². The van der Waals surface area contributed by atoms with Crippen LogP contribution in [0.3, 0.4) is 0 Å². The van der Waals surface area contributed by atoms with Crippen molar-refractivity contribution < 1.29 is 0 Å². The van der Waals surface area contributed by atoms with E-state index >= 15 is 0 Å². The van der Waals surface area contributed by atoms with Crippen LogP contribution in [0.15, 0.2) is 35.7 Å². The maximum atomic E-state index is 6.31. The van der Waals surface area contributed by atoms with Crippen LogP contribution in [0.2, 0.25) is 0 Å². The van der Waals surface area contributed by atoms with Gasteiger partial charge in [-0.3, -0.25) is 0 Å². The largest absolute Gasteiger partial charge is 0.325 e. The summed E-state index contributed by atoms with van der Waals surface area (Å²) >= 11 is 1.70. The minimum Gasteiger partial charge on any atom is -0.325 e. The van der Waals surface area contributed by atoms with Crippen molar-refractivity contribution in [2.24, 2.45) is 11.7 Å². The molecule has 2 N–H and O–H groups in total. The van der Waals surface area contributed by atoms with Gasteiger partial charge in [0, 0.05) is 22.9 Å². The molecule has 0 aliphatic rings. The first-order valence-corrected chi connectivity index (χ1v) is 7.16. The summed E-state index contributed by atoms with van der Waals surface area (Å²) < 4.78 is 0. The maximum absolute atomic E-state index is 6.31. The van der Waals surface area contributed by atoms with Crippen LogP contribution in [0.5, 0.6) is 0 Å². The SMILES string of the molecule is CC(C)C(C)(N)Cc1nc(-c2ccccc2)cs1. The number of hydrogen-bond acceptors (Lipinski definition) is 3. The Morgan fingerprint density at radius 1 is 1.28 bits per heavy atom. The molecule has 0 radical (unpaired) electrons. The van der Waals surface area contributed by atoms with Crippen molar-refractivity contribution in [1.82, 2.24) is 4.98 Å². The lowest BCUT2D eigenvalue weighted by molar-refractivity contribution is 0.337. The van der Waals surface area contributed by atoms with Gasteiger partial charge in [0.15, 0.2) is 0 Å². The van der Waals surface area contributed by atoms with Gasteiger partial charge in [-0.15, -0.1) is 11.3 Å². The molecule has 1 heterocycles. The van der Waals surface area contributed by atoms with Crippen molar-refractivity contribution in [3.8, 4) is 11.3 Å². The molecule has 1 aromatic carbocycles. The molecule has 0 aliphatic heterocycles. The van der Waals surface area contributed by atoms with Crippen LogP contribution >= 0.6 is 11.3 Å². The summed E-state index contributed by atoms with van der Waals surface area (Å²) in [6, 6.07) is 10.3. The van der Waals surface area contributed by atoms with E-state index in [9.17, 15) is 0 Å². The molecule has 0 saturated carbocycles. The molecule has 0 amide bonds. The van der Waals surface area contributed by atoms with E-state index in [0.717, 1.165) is 17.1 Å². The topological polar surface area (TPSA) is 38.9 Å². The third-order valence-corrected chi connectivity index (χ3v) is 4.32. The summed E-state index contributed by atoms with van der Waals surface area (Å²) in [5.74, 6) is 0.446. The van der Waals surface area contributed by atoms with Gasteiger partial charge in [-0.2, -0.15) is 0 Å². The first-order valence-electron chi connectivity index (χ1n) is 6.28. The van der Waals surface area contributed by atoms with Crippen LogP contribution in [-0.4, -0.2) is 10.5 Å². The molecular weight excluding hydrogens is 240 g/mol. The van der Waals surface area contributed by atoms with Crippen molar-refractivity contribution >= 4 is 11.3 Å². The fraction of sp³-hybridized carbons (Fsp3) is 0.400. The van der Waals surface area contributed by atoms with E-state index in [-0.39, 0.29) is 5.54 Å². The van der Waals surface area contributed by atoms with Gasteiger partial charge in [-0.05, 0) is 12.8 Å². The summed E-state index contributed by atoms with van der Waals surface area (Å²) in [6.45, 7) is 6.42. The van der Waals surface area contributed by atoms with Crippen molar-refractivity contribution in [2.45, 2.75) is 32.7 Å². The molecule has 18 heavy (non-hydrogen) atoms. The van der Waals surface area contributed by atoms with Gasteiger partial charge in [0.05, 0.1) is 10.7 Å². The average molecular weight is 260 g/mol. The van der Waals surface area contributed by atoms with E-state index in [0.29, 0.717) is 5.92 Å². The summed E-state index contributed by atoms with van der Waals surface area (Å²) in [5, 5.41) is 3.23. The molecule has 0 saturated heterocycles.